The van der Waals surface area contributed by atoms with Gasteiger partial charge in [-0.2, -0.15) is 5.10 Å². The van der Waals surface area contributed by atoms with E-state index in [1.807, 2.05) is 13.0 Å². The molecule has 0 atom stereocenters. The molecule has 1 aromatic heterocycles. The van der Waals surface area contributed by atoms with E-state index in [4.69, 9.17) is 11.6 Å². The van der Waals surface area contributed by atoms with Crippen LogP contribution in [0.1, 0.15) is 5.69 Å². The fraction of sp³-hybridized carbons (Fsp3) is 0.167. The molecule has 0 saturated heterocycles. The number of nitrogens with one attached hydrogen (secondary N) is 1. The maximum Gasteiger partial charge on any atom is 0.246 e. The van der Waals surface area contributed by atoms with Gasteiger partial charge in [0.05, 0.1) is 5.69 Å². The quantitative estimate of drug-likeness (QED) is 0.909. The van der Waals surface area contributed by atoms with Crippen LogP contribution in [0.2, 0.25) is 5.02 Å². The first-order valence-corrected chi connectivity index (χ1v) is 5.57. The van der Waals surface area contributed by atoms with Crippen molar-refractivity contribution in [3.05, 3.63) is 47.2 Å². The maximum absolute atomic E-state index is 11.7. The van der Waals surface area contributed by atoms with Gasteiger partial charge < -0.3 is 5.32 Å². The van der Waals surface area contributed by atoms with Crippen molar-refractivity contribution in [1.29, 1.82) is 0 Å². The van der Waals surface area contributed by atoms with Gasteiger partial charge in [-0.25, -0.2) is 0 Å². The molecule has 2 aromatic rings. The first kappa shape index (κ1) is 11.7. The Bertz CT molecular complexity index is 536. The second kappa shape index (κ2) is 5.01. The molecule has 0 fully saturated rings. The summed E-state index contributed by atoms with van der Waals surface area (Å²) in [6.45, 7) is 2.08. The summed E-state index contributed by atoms with van der Waals surface area (Å²) in [7, 11) is 0. The molecule has 0 radical (unpaired) electrons. The molecule has 1 N–H and O–H groups in total. The number of halogens is 1. The number of nitrogens with zero attached hydrogens (tertiary/aromatic N) is 2. The topological polar surface area (TPSA) is 46.9 Å². The Balaban J connectivity index is 1.98. The Morgan fingerprint density at radius 2 is 2.29 bits per heavy atom. The van der Waals surface area contributed by atoms with E-state index in [1.54, 1.807) is 35.1 Å². The molecule has 1 heterocycles. The number of amides is 1. The highest BCUT2D eigenvalue weighted by molar-refractivity contribution is 6.30. The molecule has 4 nitrogen and oxygen atoms in total. The average molecular weight is 250 g/mol. The summed E-state index contributed by atoms with van der Waals surface area (Å²) in [5.41, 5.74) is 1.58. The third-order valence-corrected chi connectivity index (χ3v) is 2.42. The monoisotopic (exact) mass is 249 g/mol. The number of rotatable bonds is 3. The average Bonchev–Trinajstić information content (AvgIpc) is 2.63. The van der Waals surface area contributed by atoms with Crippen LogP contribution in [0.15, 0.2) is 36.5 Å². The molecule has 88 valence electrons. The zero-order chi connectivity index (χ0) is 12.3. The van der Waals surface area contributed by atoms with Crippen molar-refractivity contribution in [2.24, 2.45) is 0 Å². The van der Waals surface area contributed by atoms with Gasteiger partial charge in [-0.15, -0.1) is 0 Å². The molecule has 0 aliphatic rings. The van der Waals surface area contributed by atoms with Crippen LogP contribution in [0.4, 0.5) is 5.69 Å². The van der Waals surface area contributed by atoms with Gasteiger partial charge in [-0.3, -0.25) is 9.48 Å². The molecule has 0 aliphatic heterocycles. The molecular weight excluding hydrogens is 238 g/mol. The van der Waals surface area contributed by atoms with Gasteiger partial charge in [0.15, 0.2) is 0 Å². The van der Waals surface area contributed by atoms with E-state index in [9.17, 15) is 4.79 Å². The van der Waals surface area contributed by atoms with Crippen LogP contribution in [-0.2, 0) is 11.3 Å². The Kier molecular flexibility index (Phi) is 3.44. The van der Waals surface area contributed by atoms with E-state index in [2.05, 4.69) is 10.4 Å². The SMILES string of the molecule is Cc1ccn(CC(=O)Nc2cccc(Cl)c2)n1. The van der Waals surface area contributed by atoms with Gasteiger partial charge in [-0.1, -0.05) is 17.7 Å². The van der Waals surface area contributed by atoms with Gasteiger partial charge >= 0.3 is 0 Å². The fourth-order valence-electron chi connectivity index (χ4n) is 1.47. The van der Waals surface area contributed by atoms with Gasteiger partial charge in [0.25, 0.3) is 0 Å². The summed E-state index contributed by atoms with van der Waals surface area (Å²) in [5, 5.41) is 7.49. The summed E-state index contributed by atoms with van der Waals surface area (Å²) in [6.07, 6.45) is 1.77. The number of hydrogen-bond acceptors (Lipinski definition) is 2. The van der Waals surface area contributed by atoms with Crippen molar-refractivity contribution < 1.29 is 4.79 Å². The fourth-order valence-corrected chi connectivity index (χ4v) is 1.66. The van der Waals surface area contributed by atoms with Crippen molar-refractivity contribution >= 4 is 23.2 Å². The minimum atomic E-state index is -0.129. The lowest BCUT2D eigenvalue weighted by atomic mass is 10.3. The summed E-state index contributed by atoms with van der Waals surface area (Å²) in [4.78, 5) is 11.7. The smallest absolute Gasteiger partial charge is 0.246 e. The molecule has 1 aromatic carbocycles. The van der Waals surface area contributed by atoms with Crippen LogP contribution >= 0.6 is 11.6 Å². The molecular formula is C12H12ClN3O. The largest absolute Gasteiger partial charge is 0.324 e. The zero-order valence-electron chi connectivity index (χ0n) is 9.35. The molecule has 0 aliphatic carbocycles. The minimum absolute atomic E-state index is 0.129. The van der Waals surface area contributed by atoms with Gasteiger partial charge in [0.2, 0.25) is 5.91 Å². The summed E-state index contributed by atoms with van der Waals surface area (Å²) >= 11 is 5.82. The molecule has 0 spiro atoms. The third-order valence-electron chi connectivity index (χ3n) is 2.19. The molecule has 0 saturated carbocycles. The van der Waals surface area contributed by atoms with Crippen LogP contribution in [0, 0.1) is 6.92 Å². The summed E-state index contributed by atoms with van der Waals surface area (Å²) in [6, 6.07) is 8.89. The highest BCUT2D eigenvalue weighted by Crippen LogP contribution is 2.14. The van der Waals surface area contributed by atoms with Crippen molar-refractivity contribution in [3.63, 3.8) is 0 Å². The molecule has 1 amide bonds. The first-order valence-electron chi connectivity index (χ1n) is 5.19. The lowest BCUT2D eigenvalue weighted by molar-refractivity contribution is -0.116. The molecule has 0 bridgehead atoms. The second-order valence-electron chi connectivity index (χ2n) is 3.71. The highest BCUT2D eigenvalue weighted by Gasteiger charge is 2.04. The minimum Gasteiger partial charge on any atom is -0.324 e. The first-order chi connectivity index (χ1) is 8.13. The second-order valence-corrected chi connectivity index (χ2v) is 4.15. The Labute approximate surface area is 104 Å². The summed E-state index contributed by atoms with van der Waals surface area (Å²) < 4.78 is 1.59. The number of carbonyl (C=O) groups excluding carboxylic acids is 1. The molecule has 17 heavy (non-hydrogen) atoms. The Morgan fingerprint density at radius 3 is 2.94 bits per heavy atom. The lowest BCUT2D eigenvalue weighted by Gasteiger charge is -2.05. The standard InChI is InChI=1S/C12H12ClN3O/c1-9-5-6-16(15-9)8-12(17)14-11-4-2-3-10(13)7-11/h2-7H,8H2,1H3,(H,14,17). The van der Waals surface area contributed by atoms with Gasteiger partial charge in [-0.05, 0) is 31.2 Å². The molecule has 0 unspecified atom stereocenters. The molecule has 2 rings (SSSR count). The van der Waals surface area contributed by atoms with Crippen molar-refractivity contribution in [3.8, 4) is 0 Å². The van der Waals surface area contributed by atoms with Crippen molar-refractivity contribution in [2.45, 2.75) is 13.5 Å². The van der Waals surface area contributed by atoms with Crippen LogP contribution in [-0.4, -0.2) is 15.7 Å². The normalized spacial score (nSPS) is 10.2. The molecule has 5 heteroatoms. The van der Waals surface area contributed by atoms with Gasteiger partial charge in [0.1, 0.15) is 6.54 Å². The van der Waals surface area contributed by atoms with Crippen LogP contribution in [0.5, 0.6) is 0 Å². The van der Waals surface area contributed by atoms with E-state index >= 15 is 0 Å². The zero-order valence-corrected chi connectivity index (χ0v) is 10.1. The highest BCUT2D eigenvalue weighted by atomic mass is 35.5. The number of aromatic nitrogens is 2. The Hall–Kier alpha value is -1.81. The lowest BCUT2D eigenvalue weighted by Crippen LogP contribution is -2.19. The number of carbonyl (C=O) groups is 1. The number of aryl methyl sites for hydroxylation is 1. The van der Waals surface area contributed by atoms with E-state index in [-0.39, 0.29) is 12.5 Å². The van der Waals surface area contributed by atoms with Crippen LogP contribution in [0.25, 0.3) is 0 Å². The maximum atomic E-state index is 11.7. The van der Waals surface area contributed by atoms with E-state index in [1.165, 1.54) is 0 Å². The van der Waals surface area contributed by atoms with Crippen LogP contribution < -0.4 is 5.32 Å². The number of hydrogen-bond donors (Lipinski definition) is 1. The predicted octanol–water partition coefficient (Wildman–Crippen LogP) is 2.48. The van der Waals surface area contributed by atoms with E-state index in [0.29, 0.717) is 10.7 Å². The van der Waals surface area contributed by atoms with E-state index in [0.717, 1.165) is 5.69 Å². The van der Waals surface area contributed by atoms with E-state index < -0.39 is 0 Å². The van der Waals surface area contributed by atoms with Crippen molar-refractivity contribution in [1.82, 2.24) is 9.78 Å². The predicted molar refractivity (Wildman–Crippen MR) is 67.0 cm³/mol. The van der Waals surface area contributed by atoms with Crippen molar-refractivity contribution in [2.75, 3.05) is 5.32 Å². The summed E-state index contributed by atoms with van der Waals surface area (Å²) in [5.74, 6) is -0.129. The number of benzene rings is 1. The Morgan fingerprint density at radius 1 is 1.47 bits per heavy atom. The number of anilines is 1. The third kappa shape index (κ3) is 3.32. The van der Waals surface area contributed by atoms with Crippen LogP contribution in [0.3, 0.4) is 0 Å². The van der Waals surface area contributed by atoms with Gasteiger partial charge in [0, 0.05) is 16.9 Å².